The molecule has 1 heterocycles. The maximum atomic E-state index is 10.4. The first-order valence-electron chi connectivity index (χ1n) is 2.84. The molecule has 5 heteroatoms. The molecule has 1 rings (SSSR count). The molecule has 56 valence electrons. The summed E-state index contributed by atoms with van der Waals surface area (Å²) in [4.78, 5) is 12.2. The van der Waals surface area contributed by atoms with Crippen LogP contribution in [0.3, 0.4) is 0 Å². The molecule has 10 heavy (non-hydrogen) atoms. The Morgan fingerprint density at radius 2 is 2.50 bits per heavy atom. The van der Waals surface area contributed by atoms with Gasteiger partial charge in [0, 0.05) is 7.05 Å². The average molecular weight is 144 g/mol. The van der Waals surface area contributed by atoms with Crippen molar-refractivity contribution in [3.63, 3.8) is 0 Å². The highest BCUT2D eigenvalue weighted by Gasteiger charge is 2.35. The second-order valence-corrected chi connectivity index (χ2v) is 2.41. The van der Waals surface area contributed by atoms with Crippen LogP contribution >= 0.6 is 0 Å². The lowest BCUT2D eigenvalue weighted by Crippen LogP contribution is -2.54. The number of nitrogens with zero attached hydrogens (tertiary/aromatic N) is 2. The molecule has 0 saturated heterocycles. The Morgan fingerprint density at radius 1 is 1.90 bits per heavy atom. The van der Waals surface area contributed by atoms with Crippen LogP contribution in [0, 0.1) is 0 Å². The highest BCUT2D eigenvalue weighted by Crippen LogP contribution is 2.09. The number of hydrogen-bond donors (Lipinski definition) is 2. The van der Waals surface area contributed by atoms with Gasteiger partial charge < -0.3 is 10.0 Å². The third kappa shape index (κ3) is 0.960. The number of hydrogen-bond acceptors (Lipinski definition) is 3. The number of amides is 1. The van der Waals surface area contributed by atoms with Crippen molar-refractivity contribution in [3.8, 4) is 0 Å². The van der Waals surface area contributed by atoms with Gasteiger partial charge >= 0.3 is 6.09 Å². The summed E-state index contributed by atoms with van der Waals surface area (Å²) in [5, 5.41) is 8.56. The topological polar surface area (TPSA) is 66.6 Å². The van der Waals surface area contributed by atoms with Crippen molar-refractivity contribution in [2.45, 2.75) is 0 Å². The Labute approximate surface area is 58.5 Å². The zero-order valence-electron chi connectivity index (χ0n) is 5.69. The average Bonchev–Trinajstić information content (AvgIpc) is 2.13. The summed E-state index contributed by atoms with van der Waals surface area (Å²) >= 11 is 0. The Hall–Kier alpha value is -1.07. The minimum Gasteiger partial charge on any atom is -0.434 e. The minimum absolute atomic E-state index is 0.287. The largest absolute Gasteiger partial charge is 0.539 e. The number of rotatable bonds is 0. The Balaban J connectivity index is 2.75. The molecule has 0 aromatic rings. The lowest BCUT2D eigenvalue weighted by atomic mass is 10.7. The van der Waals surface area contributed by atoms with Crippen molar-refractivity contribution in [2.24, 2.45) is 5.84 Å². The molecule has 1 atom stereocenters. The number of carboxylic acid groups (broad SMARTS) is 1. The summed E-state index contributed by atoms with van der Waals surface area (Å²) in [6.45, 7) is 0.287. The van der Waals surface area contributed by atoms with E-state index in [0.29, 0.717) is 0 Å². The standard InChI is InChI=1S/C5H9N3O2/c1-7-2-3-8(6,4-7)5(9)10/h2-3H,4,6H2,1H3/p+1. The number of quaternary nitrogens is 1. The van der Waals surface area contributed by atoms with Crippen LogP contribution in [-0.4, -0.2) is 34.4 Å². The summed E-state index contributed by atoms with van der Waals surface area (Å²) in [7, 11) is 1.77. The normalized spacial score (nSPS) is 31.2. The summed E-state index contributed by atoms with van der Waals surface area (Å²) < 4.78 is -0.545. The Kier molecular flexibility index (Phi) is 1.38. The lowest BCUT2D eigenvalue weighted by molar-refractivity contribution is -0.819. The van der Waals surface area contributed by atoms with Crippen molar-refractivity contribution < 1.29 is 14.5 Å². The molecular weight excluding hydrogens is 134 g/mol. The summed E-state index contributed by atoms with van der Waals surface area (Å²) in [6.07, 6.45) is 2.04. The number of nitrogens with two attached hydrogens (primary N) is 1. The van der Waals surface area contributed by atoms with Gasteiger partial charge in [0.2, 0.25) is 0 Å². The molecule has 0 fully saturated rings. The molecule has 3 N–H and O–H groups in total. The molecule has 0 aromatic heterocycles. The third-order valence-electron chi connectivity index (χ3n) is 1.40. The minimum atomic E-state index is -1.04. The van der Waals surface area contributed by atoms with E-state index in [4.69, 9.17) is 10.9 Å². The van der Waals surface area contributed by atoms with Crippen LogP contribution in [0.4, 0.5) is 4.79 Å². The van der Waals surface area contributed by atoms with Crippen molar-refractivity contribution in [1.29, 1.82) is 0 Å². The molecule has 0 bridgehead atoms. The molecule has 1 aliphatic heterocycles. The first-order chi connectivity index (χ1) is 4.54. The van der Waals surface area contributed by atoms with E-state index < -0.39 is 10.7 Å². The molecule has 0 saturated carbocycles. The van der Waals surface area contributed by atoms with Crippen LogP contribution in [0.1, 0.15) is 0 Å². The third-order valence-corrected chi connectivity index (χ3v) is 1.40. The van der Waals surface area contributed by atoms with E-state index in [-0.39, 0.29) is 6.67 Å². The highest BCUT2D eigenvalue weighted by atomic mass is 16.4. The van der Waals surface area contributed by atoms with Crippen molar-refractivity contribution in [2.75, 3.05) is 13.7 Å². The van der Waals surface area contributed by atoms with E-state index >= 15 is 0 Å². The Bertz CT molecular complexity index is 191. The maximum Gasteiger partial charge on any atom is 0.539 e. The van der Waals surface area contributed by atoms with Gasteiger partial charge in [-0.2, -0.15) is 10.6 Å². The first-order valence-corrected chi connectivity index (χ1v) is 2.84. The van der Waals surface area contributed by atoms with Crippen LogP contribution in [0.2, 0.25) is 0 Å². The second-order valence-electron chi connectivity index (χ2n) is 2.41. The van der Waals surface area contributed by atoms with Crippen LogP contribution in [0.15, 0.2) is 12.4 Å². The quantitative estimate of drug-likeness (QED) is 0.279. The van der Waals surface area contributed by atoms with Crippen LogP contribution in [-0.2, 0) is 0 Å². The van der Waals surface area contributed by atoms with E-state index in [9.17, 15) is 4.79 Å². The fourth-order valence-electron chi connectivity index (χ4n) is 0.820. The van der Waals surface area contributed by atoms with E-state index in [1.54, 1.807) is 18.1 Å². The summed E-state index contributed by atoms with van der Waals surface area (Å²) in [6, 6.07) is 0. The predicted molar refractivity (Wildman–Crippen MR) is 34.2 cm³/mol. The van der Waals surface area contributed by atoms with Crippen LogP contribution < -0.4 is 5.84 Å². The van der Waals surface area contributed by atoms with Gasteiger partial charge in [-0.1, -0.05) is 0 Å². The van der Waals surface area contributed by atoms with Crippen molar-refractivity contribution in [1.82, 2.24) is 4.90 Å². The molecule has 0 aromatic carbocycles. The van der Waals surface area contributed by atoms with Gasteiger partial charge in [-0.05, 0) is 0 Å². The van der Waals surface area contributed by atoms with Gasteiger partial charge in [-0.3, -0.25) is 0 Å². The van der Waals surface area contributed by atoms with Crippen molar-refractivity contribution in [3.05, 3.63) is 12.4 Å². The van der Waals surface area contributed by atoms with Gasteiger partial charge in [-0.15, -0.1) is 4.59 Å². The SMILES string of the molecule is CN1C=C[N+](N)(C(=O)O)C1. The molecule has 1 unspecified atom stereocenters. The smallest absolute Gasteiger partial charge is 0.434 e. The molecular formula is C5H10N3O2+. The first kappa shape index (κ1) is 7.04. The van der Waals surface area contributed by atoms with Crippen LogP contribution in [0.25, 0.3) is 0 Å². The molecule has 1 aliphatic rings. The highest BCUT2D eigenvalue weighted by molar-refractivity contribution is 5.57. The fraction of sp³-hybridized carbons (Fsp3) is 0.400. The molecule has 0 aliphatic carbocycles. The predicted octanol–water partition coefficient (Wildman–Crippen LogP) is -0.271. The summed E-state index contributed by atoms with van der Waals surface area (Å²) in [5.41, 5.74) is 0. The van der Waals surface area contributed by atoms with Gasteiger partial charge in [0.05, 0.1) is 6.20 Å². The second kappa shape index (κ2) is 1.96. The lowest BCUT2D eigenvalue weighted by Gasteiger charge is -2.18. The zero-order chi connectivity index (χ0) is 7.78. The monoisotopic (exact) mass is 144 g/mol. The molecule has 1 amide bonds. The van der Waals surface area contributed by atoms with Gasteiger partial charge in [0.25, 0.3) is 0 Å². The zero-order valence-corrected chi connectivity index (χ0v) is 5.69. The maximum absolute atomic E-state index is 10.4. The molecule has 0 radical (unpaired) electrons. The van der Waals surface area contributed by atoms with E-state index in [2.05, 4.69) is 0 Å². The number of carbonyl (C=O) groups is 1. The molecule has 0 spiro atoms. The summed E-state index contributed by atoms with van der Waals surface area (Å²) in [5.74, 6) is 5.40. The van der Waals surface area contributed by atoms with Crippen LogP contribution in [0.5, 0.6) is 0 Å². The van der Waals surface area contributed by atoms with E-state index in [0.717, 1.165) is 0 Å². The van der Waals surface area contributed by atoms with Gasteiger partial charge in [0.15, 0.2) is 6.67 Å². The Morgan fingerprint density at radius 3 is 2.70 bits per heavy atom. The fourth-order valence-corrected chi connectivity index (χ4v) is 0.820. The van der Waals surface area contributed by atoms with Gasteiger partial charge in [-0.25, -0.2) is 0 Å². The van der Waals surface area contributed by atoms with E-state index in [1.807, 2.05) is 0 Å². The molecule has 5 nitrogen and oxygen atoms in total. The van der Waals surface area contributed by atoms with Crippen molar-refractivity contribution >= 4 is 6.09 Å². The van der Waals surface area contributed by atoms with E-state index in [1.165, 1.54) is 6.20 Å². The van der Waals surface area contributed by atoms with Gasteiger partial charge in [0.1, 0.15) is 6.20 Å².